The number of pyridine rings is 1. The van der Waals surface area contributed by atoms with Gasteiger partial charge in [0.1, 0.15) is 6.07 Å². The molecule has 1 saturated carbocycles. The lowest BCUT2D eigenvalue weighted by atomic mass is 9.78. The molecular weight excluding hydrogens is 612 g/mol. The van der Waals surface area contributed by atoms with Crippen LogP contribution in [-0.4, -0.2) is 28.4 Å². The topological polar surface area (TPSA) is 103 Å². The number of Topliss-reactive ketones (excluding diaryl/α,β-unsaturated/α-hetero) is 1. The number of aromatic nitrogens is 1. The first-order chi connectivity index (χ1) is 21.4. The van der Waals surface area contributed by atoms with Crippen LogP contribution in [0.15, 0.2) is 48.5 Å². The SMILES string of the molecule is Cc1ccccc1-c1cc(C2CCC(CC(=O)O)CC2)nc(C#N)c1NCC(=O)C(C)(C)c1cc(C(F)(F)F)cc(C(F)(F)F)c1. The third-order valence-corrected chi connectivity index (χ3v) is 8.74. The second-order valence-corrected chi connectivity index (χ2v) is 12.3. The quantitative estimate of drug-likeness (QED) is 0.226. The fraction of sp³-hybridized carbons (Fsp3) is 0.412. The van der Waals surface area contributed by atoms with Crippen molar-refractivity contribution in [3.63, 3.8) is 0 Å². The summed E-state index contributed by atoms with van der Waals surface area (Å²) in [6.07, 6.45) is -7.31. The van der Waals surface area contributed by atoms with Crippen molar-refractivity contribution in [1.82, 2.24) is 4.98 Å². The van der Waals surface area contributed by atoms with Crippen LogP contribution >= 0.6 is 0 Å². The van der Waals surface area contributed by atoms with E-state index in [0.29, 0.717) is 49.1 Å². The molecule has 0 unspecified atom stereocenters. The van der Waals surface area contributed by atoms with Crippen molar-refractivity contribution in [2.24, 2.45) is 5.92 Å². The van der Waals surface area contributed by atoms with E-state index >= 15 is 0 Å². The number of nitriles is 1. The average Bonchev–Trinajstić information content (AvgIpc) is 2.98. The van der Waals surface area contributed by atoms with Gasteiger partial charge in [0.05, 0.1) is 28.8 Å². The summed E-state index contributed by atoms with van der Waals surface area (Å²) in [5, 5.41) is 22.2. The standard InChI is InChI=1S/C34H33F6N3O3/c1-19-6-4-5-7-25(19)26-16-27(21-10-8-20(9-11-21)12-30(45)46)43-28(17-41)31(26)42-18-29(44)32(2,3)22-13-23(33(35,36)37)15-24(14-22)34(38,39)40/h4-7,13-16,20-21,42H,8-12,18H2,1-3H3,(H,45,46). The van der Waals surface area contributed by atoms with Crippen LogP contribution < -0.4 is 5.32 Å². The van der Waals surface area contributed by atoms with E-state index in [1.165, 1.54) is 13.8 Å². The molecule has 0 amide bonds. The molecule has 0 atom stereocenters. The zero-order valence-electron chi connectivity index (χ0n) is 25.4. The highest BCUT2D eigenvalue weighted by Gasteiger charge is 2.40. The van der Waals surface area contributed by atoms with Crippen LogP contribution in [0.25, 0.3) is 11.1 Å². The molecule has 1 aliphatic rings. The Labute approximate surface area is 262 Å². The van der Waals surface area contributed by atoms with E-state index in [4.69, 9.17) is 5.11 Å². The normalized spacial score (nSPS) is 17.3. The predicted octanol–water partition coefficient (Wildman–Crippen LogP) is 8.67. The zero-order chi connectivity index (χ0) is 34.0. The molecule has 1 heterocycles. The third-order valence-electron chi connectivity index (χ3n) is 8.74. The first-order valence-electron chi connectivity index (χ1n) is 14.7. The number of hydrogen-bond acceptors (Lipinski definition) is 5. The number of nitrogens with one attached hydrogen (secondary N) is 1. The van der Waals surface area contributed by atoms with Gasteiger partial charge in [-0.1, -0.05) is 24.3 Å². The first kappa shape index (κ1) is 34.5. The van der Waals surface area contributed by atoms with E-state index < -0.39 is 52.8 Å². The molecule has 0 spiro atoms. The summed E-state index contributed by atoms with van der Waals surface area (Å²) >= 11 is 0. The maximum absolute atomic E-state index is 13.5. The summed E-state index contributed by atoms with van der Waals surface area (Å²) in [5.41, 5.74) is -2.26. The Balaban J connectivity index is 1.69. The van der Waals surface area contributed by atoms with Crippen LogP contribution in [0.3, 0.4) is 0 Å². The van der Waals surface area contributed by atoms with Crippen LogP contribution in [0.5, 0.6) is 0 Å². The lowest BCUT2D eigenvalue weighted by Gasteiger charge is -2.29. The number of ketones is 1. The van der Waals surface area contributed by atoms with E-state index in [1.54, 1.807) is 6.07 Å². The van der Waals surface area contributed by atoms with Crippen molar-refractivity contribution < 1.29 is 41.0 Å². The van der Waals surface area contributed by atoms with Crippen molar-refractivity contribution in [2.75, 3.05) is 11.9 Å². The Kier molecular flexibility index (Phi) is 9.85. The van der Waals surface area contributed by atoms with Crippen LogP contribution in [0, 0.1) is 24.2 Å². The molecule has 1 fully saturated rings. The number of carboxylic acids is 1. The molecule has 1 aromatic heterocycles. The van der Waals surface area contributed by atoms with Crippen molar-refractivity contribution in [2.45, 2.75) is 76.6 Å². The van der Waals surface area contributed by atoms with Crippen LogP contribution in [0.2, 0.25) is 0 Å². The minimum atomic E-state index is -5.07. The van der Waals surface area contributed by atoms with Crippen LogP contribution in [0.1, 0.15) is 85.5 Å². The fourth-order valence-corrected chi connectivity index (χ4v) is 5.90. The molecule has 1 aliphatic carbocycles. The number of aryl methyl sites for hydroxylation is 1. The van der Waals surface area contributed by atoms with Crippen molar-refractivity contribution in [3.8, 4) is 17.2 Å². The van der Waals surface area contributed by atoms with Gasteiger partial charge in [-0.2, -0.15) is 31.6 Å². The molecule has 46 heavy (non-hydrogen) atoms. The highest BCUT2D eigenvalue weighted by molar-refractivity contribution is 5.94. The lowest BCUT2D eigenvalue weighted by Crippen LogP contribution is -2.35. The molecule has 0 radical (unpaired) electrons. The second-order valence-electron chi connectivity index (χ2n) is 12.3. The van der Waals surface area contributed by atoms with Crippen LogP contribution in [0.4, 0.5) is 32.0 Å². The maximum atomic E-state index is 13.5. The Morgan fingerprint density at radius 1 is 0.913 bits per heavy atom. The van der Waals surface area contributed by atoms with E-state index in [2.05, 4.69) is 16.4 Å². The van der Waals surface area contributed by atoms with Gasteiger partial charge in [0.15, 0.2) is 11.5 Å². The molecular formula is C34H33F6N3O3. The van der Waals surface area contributed by atoms with Gasteiger partial charge in [-0.15, -0.1) is 0 Å². The summed E-state index contributed by atoms with van der Waals surface area (Å²) in [7, 11) is 0. The summed E-state index contributed by atoms with van der Waals surface area (Å²) in [6, 6.07) is 12.3. The van der Waals surface area contributed by atoms with Gasteiger partial charge >= 0.3 is 18.3 Å². The number of carbonyl (C=O) groups is 2. The monoisotopic (exact) mass is 645 g/mol. The average molecular weight is 646 g/mol. The molecule has 2 N–H and O–H groups in total. The number of halogens is 6. The van der Waals surface area contributed by atoms with E-state index in [0.717, 1.165) is 11.1 Å². The molecule has 0 bridgehead atoms. The molecule has 0 saturated heterocycles. The van der Waals surface area contributed by atoms with E-state index in [1.807, 2.05) is 31.2 Å². The number of rotatable bonds is 9. The van der Waals surface area contributed by atoms with Gasteiger partial charge in [0, 0.05) is 23.6 Å². The molecule has 3 aromatic rings. The number of aliphatic carboxylic acids is 1. The number of alkyl halides is 6. The van der Waals surface area contributed by atoms with E-state index in [9.17, 15) is 41.2 Å². The Hall–Kier alpha value is -4.40. The van der Waals surface area contributed by atoms with Gasteiger partial charge in [-0.05, 0) is 93.3 Å². The number of anilines is 1. The largest absolute Gasteiger partial charge is 0.481 e. The fourth-order valence-electron chi connectivity index (χ4n) is 5.90. The summed E-state index contributed by atoms with van der Waals surface area (Å²) in [6.45, 7) is 3.85. The number of carbonyl (C=O) groups excluding carboxylic acids is 1. The minimum Gasteiger partial charge on any atom is -0.481 e. The van der Waals surface area contributed by atoms with Crippen molar-refractivity contribution in [3.05, 3.63) is 82.2 Å². The minimum absolute atomic E-state index is 0.0157. The van der Waals surface area contributed by atoms with Crippen LogP contribution in [-0.2, 0) is 27.4 Å². The number of benzene rings is 2. The molecule has 244 valence electrons. The summed E-state index contributed by atoms with van der Waals surface area (Å²) in [5.74, 6) is -1.53. The second kappa shape index (κ2) is 13.1. The van der Waals surface area contributed by atoms with Crippen molar-refractivity contribution in [1.29, 1.82) is 5.26 Å². The van der Waals surface area contributed by atoms with Crippen molar-refractivity contribution >= 4 is 17.4 Å². The summed E-state index contributed by atoms with van der Waals surface area (Å²) < 4.78 is 81.2. The molecule has 12 heteroatoms. The Bertz CT molecular complexity index is 1630. The van der Waals surface area contributed by atoms with E-state index in [-0.39, 0.29) is 35.7 Å². The Morgan fingerprint density at radius 3 is 2.00 bits per heavy atom. The molecule has 0 aliphatic heterocycles. The van der Waals surface area contributed by atoms with Gasteiger partial charge in [-0.25, -0.2) is 4.98 Å². The number of nitrogens with zero attached hydrogens (tertiary/aromatic N) is 2. The highest BCUT2D eigenvalue weighted by atomic mass is 19.4. The lowest BCUT2D eigenvalue weighted by molar-refractivity contribution is -0.143. The number of carboxylic acid groups (broad SMARTS) is 1. The Morgan fingerprint density at radius 2 is 1.48 bits per heavy atom. The predicted molar refractivity (Wildman–Crippen MR) is 159 cm³/mol. The number of hydrogen-bond donors (Lipinski definition) is 2. The van der Waals surface area contributed by atoms with Gasteiger partial charge in [0.25, 0.3) is 0 Å². The molecule has 2 aromatic carbocycles. The zero-order valence-corrected chi connectivity index (χ0v) is 25.4. The third kappa shape index (κ3) is 7.69. The van der Waals surface area contributed by atoms with Gasteiger partial charge in [-0.3, -0.25) is 9.59 Å². The maximum Gasteiger partial charge on any atom is 0.416 e. The first-order valence-corrected chi connectivity index (χ1v) is 14.7. The van der Waals surface area contributed by atoms with Gasteiger partial charge in [0.2, 0.25) is 0 Å². The van der Waals surface area contributed by atoms with Gasteiger partial charge < -0.3 is 10.4 Å². The smallest absolute Gasteiger partial charge is 0.416 e. The molecule has 6 nitrogen and oxygen atoms in total. The summed E-state index contributed by atoms with van der Waals surface area (Å²) in [4.78, 5) is 29.3. The molecule has 4 rings (SSSR count). The highest BCUT2D eigenvalue weighted by Crippen LogP contribution is 2.42.